The number of unbranched alkanes of at least 4 members (excludes halogenated alkanes) is 2. The van der Waals surface area contributed by atoms with Gasteiger partial charge in [-0.3, -0.25) is 4.79 Å². The van der Waals surface area contributed by atoms with Crippen LogP contribution in [0.2, 0.25) is 0 Å². The van der Waals surface area contributed by atoms with Crippen LogP contribution in [0.1, 0.15) is 57.8 Å². The van der Waals surface area contributed by atoms with E-state index in [0.29, 0.717) is 12.5 Å². The van der Waals surface area contributed by atoms with E-state index in [4.69, 9.17) is 5.73 Å². The number of benzene rings is 1. The lowest BCUT2D eigenvalue weighted by molar-refractivity contribution is -0.119. The van der Waals surface area contributed by atoms with Gasteiger partial charge in [-0.2, -0.15) is 0 Å². The molecule has 21 heavy (non-hydrogen) atoms. The van der Waals surface area contributed by atoms with Crippen LogP contribution in [0.5, 0.6) is 0 Å². The van der Waals surface area contributed by atoms with Crippen molar-refractivity contribution in [1.29, 1.82) is 0 Å². The molecule has 0 aromatic heterocycles. The SMILES string of the molecule is NCCCCCC(=O)N(c1ccccc1)C1CCCCC1. The predicted molar refractivity (Wildman–Crippen MR) is 88.3 cm³/mol. The highest BCUT2D eigenvalue weighted by atomic mass is 16.2. The zero-order chi connectivity index (χ0) is 14.9. The van der Waals surface area contributed by atoms with Gasteiger partial charge in [0.15, 0.2) is 0 Å². The molecule has 1 aliphatic rings. The van der Waals surface area contributed by atoms with E-state index in [1.165, 1.54) is 19.3 Å². The fourth-order valence-electron chi connectivity index (χ4n) is 3.20. The maximum atomic E-state index is 12.7. The quantitative estimate of drug-likeness (QED) is 0.774. The number of rotatable bonds is 7. The van der Waals surface area contributed by atoms with E-state index in [1.807, 2.05) is 18.2 Å². The molecule has 1 saturated carbocycles. The molecule has 2 N–H and O–H groups in total. The van der Waals surface area contributed by atoms with Crippen molar-refractivity contribution in [1.82, 2.24) is 0 Å². The molecule has 0 spiro atoms. The van der Waals surface area contributed by atoms with Gasteiger partial charge < -0.3 is 10.6 Å². The number of amides is 1. The Balaban J connectivity index is 2.02. The fraction of sp³-hybridized carbons (Fsp3) is 0.611. The summed E-state index contributed by atoms with van der Waals surface area (Å²) in [5, 5.41) is 0. The summed E-state index contributed by atoms with van der Waals surface area (Å²) in [7, 11) is 0. The molecule has 1 fully saturated rings. The van der Waals surface area contributed by atoms with Crippen LogP contribution >= 0.6 is 0 Å². The summed E-state index contributed by atoms with van der Waals surface area (Å²) in [5.41, 5.74) is 6.58. The Hall–Kier alpha value is -1.35. The standard InChI is InChI=1S/C18H28N2O/c19-15-9-3-8-14-18(21)20(16-10-4-1-5-11-16)17-12-6-2-7-13-17/h1,4-5,10-11,17H,2-3,6-9,12-15,19H2. The van der Waals surface area contributed by atoms with Gasteiger partial charge in [-0.05, 0) is 44.4 Å². The average Bonchev–Trinajstić information content (AvgIpc) is 2.54. The number of nitrogens with two attached hydrogens (primary N) is 1. The first-order chi connectivity index (χ1) is 10.3. The maximum absolute atomic E-state index is 12.7. The van der Waals surface area contributed by atoms with Gasteiger partial charge in [0.2, 0.25) is 5.91 Å². The average molecular weight is 288 g/mol. The first-order valence-corrected chi connectivity index (χ1v) is 8.40. The second-order valence-electron chi connectivity index (χ2n) is 5.99. The van der Waals surface area contributed by atoms with Crippen LogP contribution in [0.3, 0.4) is 0 Å². The lowest BCUT2D eigenvalue weighted by Crippen LogP contribution is -2.41. The second-order valence-corrected chi connectivity index (χ2v) is 5.99. The van der Waals surface area contributed by atoms with Crippen LogP contribution in [0.4, 0.5) is 5.69 Å². The number of carbonyl (C=O) groups is 1. The molecule has 1 aromatic carbocycles. The van der Waals surface area contributed by atoms with Crippen LogP contribution < -0.4 is 10.6 Å². The number of nitrogens with zero attached hydrogens (tertiary/aromatic N) is 1. The van der Waals surface area contributed by atoms with Gasteiger partial charge in [0.05, 0.1) is 0 Å². The van der Waals surface area contributed by atoms with Gasteiger partial charge in [-0.15, -0.1) is 0 Å². The van der Waals surface area contributed by atoms with E-state index in [2.05, 4.69) is 17.0 Å². The highest BCUT2D eigenvalue weighted by molar-refractivity contribution is 5.93. The van der Waals surface area contributed by atoms with Crippen LogP contribution in [0.15, 0.2) is 30.3 Å². The molecule has 0 heterocycles. The Morgan fingerprint density at radius 3 is 2.43 bits per heavy atom. The number of hydrogen-bond acceptors (Lipinski definition) is 2. The van der Waals surface area contributed by atoms with Crippen LogP contribution in [-0.2, 0) is 4.79 Å². The van der Waals surface area contributed by atoms with Crippen molar-refractivity contribution >= 4 is 11.6 Å². The fourth-order valence-corrected chi connectivity index (χ4v) is 3.20. The molecule has 0 bridgehead atoms. The van der Waals surface area contributed by atoms with Gasteiger partial charge in [0, 0.05) is 18.2 Å². The first kappa shape index (κ1) is 16.0. The van der Waals surface area contributed by atoms with Gasteiger partial charge in [-0.25, -0.2) is 0 Å². The molecular formula is C18H28N2O. The molecule has 1 amide bonds. The minimum absolute atomic E-state index is 0.283. The smallest absolute Gasteiger partial charge is 0.227 e. The van der Waals surface area contributed by atoms with Gasteiger partial charge in [0.25, 0.3) is 0 Å². The van der Waals surface area contributed by atoms with Gasteiger partial charge in [-0.1, -0.05) is 43.9 Å². The second kappa shape index (κ2) is 8.83. The predicted octanol–water partition coefficient (Wildman–Crippen LogP) is 3.87. The molecule has 2 rings (SSSR count). The Kier molecular flexibility index (Phi) is 6.74. The lowest BCUT2D eigenvalue weighted by Gasteiger charge is -2.34. The number of para-hydroxylation sites is 1. The molecule has 116 valence electrons. The Morgan fingerprint density at radius 1 is 1.05 bits per heavy atom. The third-order valence-electron chi connectivity index (χ3n) is 4.34. The molecule has 0 saturated heterocycles. The normalized spacial score (nSPS) is 15.9. The maximum Gasteiger partial charge on any atom is 0.227 e. The van der Waals surface area contributed by atoms with E-state index in [9.17, 15) is 4.79 Å². The minimum Gasteiger partial charge on any atom is -0.330 e. The van der Waals surface area contributed by atoms with Crippen molar-refractivity contribution in [2.75, 3.05) is 11.4 Å². The zero-order valence-electron chi connectivity index (χ0n) is 13.0. The van der Waals surface area contributed by atoms with Crippen LogP contribution in [0.25, 0.3) is 0 Å². The lowest BCUT2D eigenvalue weighted by atomic mass is 9.93. The Bertz CT molecular complexity index is 412. The molecule has 1 aliphatic carbocycles. The number of hydrogen-bond donors (Lipinski definition) is 1. The minimum atomic E-state index is 0.283. The largest absolute Gasteiger partial charge is 0.330 e. The monoisotopic (exact) mass is 288 g/mol. The summed E-state index contributed by atoms with van der Waals surface area (Å²) in [5.74, 6) is 0.283. The van der Waals surface area contributed by atoms with Crippen molar-refractivity contribution in [3.63, 3.8) is 0 Å². The van der Waals surface area contributed by atoms with Gasteiger partial charge in [0.1, 0.15) is 0 Å². The van der Waals surface area contributed by atoms with Crippen molar-refractivity contribution < 1.29 is 4.79 Å². The Morgan fingerprint density at radius 2 is 1.76 bits per heavy atom. The summed E-state index contributed by atoms with van der Waals surface area (Å²) in [6.45, 7) is 0.721. The number of anilines is 1. The molecule has 1 aromatic rings. The Labute approximate surface area is 128 Å². The number of carbonyl (C=O) groups excluding carboxylic acids is 1. The highest BCUT2D eigenvalue weighted by Crippen LogP contribution is 2.28. The van der Waals surface area contributed by atoms with Crippen molar-refractivity contribution in [3.05, 3.63) is 30.3 Å². The van der Waals surface area contributed by atoms with E-state index < -0.39 is 0 Å². The van der Waals surface area contributed by atoms with E-state index in [-0.39, 0.29) is 5.91 Å². The molecule has 3 heteroatoms. The summed E-state index contributed by atoms with van der Waals surface area (Å²) >= 11 is 0. The third kappa shape index (κ3) is 4.85. The van der Waals surface area contributed by atoms with E-state index in [0.717, 1.165) is 44.3 Å². The molecule has 0 unspecified atom stereocenters. The summed E-state index contributed by atoms with van der Waals surface area (Å²) in [6.07, 6.45) is 9.74. The summed E-state index contributed by atoms with van der Waals surface area (Å²) < 4.78 is 0. The van der Waals surface area contributed by atoms with Crippen LogP contribution in [0, 0.1) is 0 Å². The van der Waals surface area contributed by atoms with Gasteiger partial charge >= 0.3 is 0 Å². The van der Waals surface area contributed by atoms with Crippen molar-refractivity contribution in [3.8, 4) is 0 Å². The van der Waals surface area contributed by atoms with E-state index >= 15 is 0 Å². The zero-order valence-corrected chi connectivity index (χ0v) is 13.0. The van der Waals surface area contributed by atoms with Crippen LogP contribution in [-0.4, -0.2) is 18.5 Å². The third-order valence-corrected chi connectivity index (χ3v) is 4.34. The molecule has 0 radical (unpaired) electrons. The highest BCUT2D eigenvalue weighted by Gasteiger charge is 2.26. The van der Waals surface area contributed by atoms with Crippen molar-refractivity contribution in [2.45, 2.75) is 63.8 Å². The molecule has 0 atom stereocenters. The summed E-state index contributed by atoms with van der Waals surface area (Å²) in [4.78, 5) is 14.8. The molecular weight excluding hydrogens is 260 g/mol. The van der Waals surface area contributed by atoms with Crippen molar-refractivity contribution in [2.24, 2.45) is 5.73 Å². The summed E-state index contributed by atoms with van der Waals surface area (Å²) in [6, 6.07) is 10.6. The van der Waals surface area contributed by atoms with E-state index in [1.54, 1.807) is 0 Å². The first-order valence-electron chi connectivity index (χ1n) is 8.40. The molecule has 0 aliphatic heterocycles. The topological polar surface area (TPSA) is 46.3 Å². The molecule has 3 nitrogen and oxygen atoms in total.